The number of hydrogen-bond donors (Lipinski definition) is 1. The molecule has 1 aliphatic heterocycles. The predicted molar refractivity (Wildman–Crippen MR) is 70.8 cm³/mol. The highest BCUT2D eigenvalue weighted by molar-refractivity contribution is 7.89. The van der Waals surface area contributed by atoms with Crippen LogP contribution in [0.4, 0.5) is 0 Å². The Balaban J connectivity index is 1.91. The summed E-state index contributed by atoms with van der Waals surface area (Å²) in [6.07, 6.45) is 5.33. The Morgan fingerprint density at radius 3 is 2.44 bits per heavy atom. The first-order valence-electron chi connectivity index (χ1n) is 6.82. The van der Waals surface area contributed by atoms with Crippen molar-refractivity contribution in [3.8, 4) is 0 Å². The van der Waals surface area contributed by atoms with E-state index in [-0.39, 0.29) is 23.9 Å². The summed E-state index contributed by atoms with van der Waals surface area (Å²) in [6.45, 7) is 0.697. The molecule has 1 atom stereocenters. The molecule has 2 aliphatic rings. The Hall–Kier alpha value is -0.170. The minimum absolute atomic E-state index is 0.108. The van der Waals surface area contributed by atoms with E-state index in [0.29, 0.717) is 6.61 Å². The van der Waals surface area contributed by atoms with Crippen LogP contribution in [0.15, 0.2) is 0 Å². The molecule has 1 heterocycles. The lowest BCUT2D eigenvalue weighted by molar-refractivity contribution is 0.126. The first kappa shape index (κ1) is 14.2. The van der Waals surface area contributed by atoms with Crippen LogP contribution in [0.25, 0.3) is 0 Å². The first-order valence-corrected chi connectivity index (χ1v) is 8.43. The Kier molecular flexibility index (Phi) is 4.64. The second-order valence-corrected chi connectivity index (χ2v) is 7.57. The average Bonchev–Trinajstić information content (AvgIpc) is 2.81. The van der Waals surface area contributed by atoms with E-state index < -0.39 is 10.0 Å². The van der Waals surface area contributed by atoms with Crippen LogP contribution in [0.5, 0.6) is 0 Å². The Bertz CT molecular complexity index is 358. The zero-order chi connectivity index (χ0) is 13.2. The average molecular weight is 276 g/mol. The van der Waals surface area contributed by atoms with Gasteiger partial charge >= 0.3 is 0 Å². The molecular formula is C12H24N2O3S. The van der Waals surface area contributed by atoms with Gasteiger partial charge in [-0.2, -0.15) is 0 Å². The van der Waals surface area contributed by atoms with Crippen LogP contribution in [0.3, 0.4) is 0 Å². The van der Waals surface area contributed by atoms with Crippen molar-refractivity contribution in [3.05, 3.63) is 0 Å². The van der Waals surface area contributed by atoms with Crippen molar-refractivity contribution >= 4 is 10.0 Å². The first-order chi connectivity index (χ1) is 8.49. The van der Waals surface area contributed by atoms with E-state index in [9.17, 15) is 8.42 Å². The summed E-state index contributed by atoms with van der Waals surface area (Å²) in [5.41, 5.74) is 5.85. The van der Waals surface area contributed by atoms with Gasteiger partial charge in [0.25, 0.3) is 0 Å². The Morgan fingerprint density at radius 1 is 1.22 bits per heavy atom. The number of hydrogen-bond acceptors (Lipinski definition) is 4. The van der Waals surface area contributed by atoms with Crippen molar-refractivity contribution in [2.75, 3.05) is 19.4 Å². The number of nitrogens with zero attached hydrogens (tertiary/aromatic N) is 1. The number of rotatable bonds is 4. The lowest BCUT2D eigenvalue weighted by Crippen LogP contribution is -2.44. The van der Waals surface area contributed by atoms with Crippen molar-refractivity contribution < 1.29 is 13.2 Å². The molecule has 106 valence electrons. The third-order valence-electron chi connectivity index (χ3n) is 4.11. The molecule has 1 aliphatic carbocycles. The summed E-state index contributed by atoms with van der Waals surface area (Å²) in [4.78, 5) is 0. The van der Waals surface area contributed by atoms with Gasteiger partial charge < -0.3 is 10.5 Å². The van der Waals surface area contributed by atoms with Gasteiger partial charge in [0, 0.05) is 25.7 Å². The maximum Gasteiger partial charge on any atom is 0.216 e. The highest BCUT2D eigenvalue weighted by atomic mass is 32.2. The summed E-state index contributed by atoms with van der Waals surface area (Å²) in [6, 6.07) is 0.367. The molecule has 1 saturated carbocycles. The molecule has 2 N–H and O–H groups in total. The molecule has 0 aromatic rings. The van der Waals surface area contributed by atoms with E-state index in [4.69, 9.17) is 10.5 Å². The van der Waals surface area contributed by atoms with Crippen molar-refractivity contribution in [1.82, 2.24) is 4.31 Å². The third kappa shape index (κ3) is 3.44. The fourth-order valence-electron chi connectivity index (χ4n) is 2.82. The van der Waals surface area contributed by atoms with E-state index >= 15 is 0 Å². The van der Waals surface area contributed by atoms with E-state index in [1.54, 1.807) is 11.4 Å². The van der Waals surface area contributed by atoms with Gasteiger partial charge in [0.15, 0.2) is 0 Å². The summed E-state index contributed by atoms with van der Waals surface area (Å²) in [5.74, 6) is 0.131. The maximum absolute atomic E-state index is 12.3. The molecule has 2 rings (SSSR count). The topological polar surface area (TPSA) is 72.6 Å². The summed E-state index contributed by atoms with van der Waals surface area (Å²) in [7, 11) is -1.49. The van der Waals surface area contributed by atoms with E-state index in [1.807, 2.05) is 0 Å². The van der Waals surface area contributed by atoms with Crippen LogP contribution in [0.2, 0.25) is 0 Å². The van der Waals surface area contributed by atoms with Gasteiger partial charge in [-0.25, -0.2) is 12.7 Å². The number of ether oxygens (including phenoxy) is 1. The van der Waals surface area contributed by atoms with Gasteiger partial charge in [0.1, 0.15) is 0 Å². The zero-order valence-corrected chi connectivity index (χ0v) is 11.9. The van der Waals surface area contributed by atoms with Crippen LogP contribution in [-0.4, -0.2) is 50.3 Å². The SMILES string of the molecule is CN(C1CCC(N)CC1)S(=O)(=O)CC1CCCO1. The smallest absolute Gasteiger partial charge is 0.216 e. The quantitative estimate of drug-likeness (QED) is 0.820. The van der Waals surface area contributed by atoms with Crippen molar-refractivity contribution in [2.24, 2.45) is 5.73 Å². The van der Waals surface area contributed by atoms with Crippen LogP contribution in [0.1, 0.15) is 38.5 Å². The summed E-state index contributed by atoms with van der Waals surface area (Å²) < 4.78 is 31.5. The Labute approximate surface area is 110 Å². The fourth-order valence-corrected chi connectivity index (χ4v) is 4.45. The van der Waals surface area contributed by atoms with Crippen molar-refractivity contribution in [2.45, 2.75) is 56.7 Å². The third-order valence-corrected chi connectivity index (χ3v) is 6.08. The molecule has 0 bridgehead atoms. The van der Waals surface area contributed by atoms with Gasteiger partial charge in [-0.05, 0) is 38.5 Å². The van der Waals surface area contributed by atoms with Crippen LogP contribution >= 0.6 is 0 Å². The molecule has 0 radical (unpaired) electrons. The second kappa shape index (κ2) is 5.86. The Morgan fingerprint density at radius 2 is 1.89 bits per heavy atom. The second-order valence-electron chi connectivity index (χ2n) is 5.50. The van der Waals surface area contributed by atoms with E-state index in [0.717, 1.165) is 38.5 Å². The van der Waals surface area contributed by atoms with E-state index in [2.05, 4.69) is 0 Å². The van der Waals surface area contributed by atoms with Gasteiger partial charge in [-0.1, -0.05) is 0 Å². The fraction of sp³-hybridized carbons (Fsp3) is 1.00. The minimum atomic E-state index is -3.19. The largest absolute Gasteiger partial charge is 0.377 e. The molecule has 5 nitrogen and oxygen atoms in total. The van der Waals surface area contributed by atoms with Gasteiger partial charge in [-0.15, -0.1) is 0 Å². The van der Waals surface area contributed by atoms with Gasteiger partial charge in [0.2, 0.25) is 10.0 Å². The van der Waals surface area contributed by atoms with Crippen molar-refractivity contribution in [1.29, 1.82) is 0 Å². The number of nitrogens with two attached hydrogens (primary N) is 1. The van der Waals surface area contributed by atoms with Crippen LogP contribution in [-0.2, 0) is 14.8 Å². The number of sulfonamides is 1. The molecule has 18 heavy (non-hydrogen) atoms. The van der Waals surface area contributed by atoms with Crippen LogP contribution in [0, 0.1) is 0 Å². The molecule has 0 amide bonds. The maximum atomic E-state index is 12.3. The molecule has 0 aromatic carbocycles. The standard InChI is InChI=1S/C12H24N2O3S/c1-14(11-6-4-10(13)5-7-11)18(15,16)9-12-3-2-8-17-12/h10-12H,2-9,13H2,1H3. The molecule has 2 fully saturated rings. The monoisotopic (exact) mass is 276 g/mol. The molecule has 6 heteroatoms. The molecular weight excluding hydrogens is 252 g/mol. The highest BCUT2D eigenvalue weighted by Gasteiger charge is 2.32. The predicted octanol–water partition coefficient (Wildman–Crippen LogP) is 0.697. The van der Waals surface area contributed by atoms with Crippen molar-refractivity contribution in [3.63, 3.8) is 0 Å². The van der Waals surface area contributed by atoms with Gasteiger partial charge in [-0.3, -0.25) is 0 Å². The molecule has 1 saturated heterocycles. The van der Waals surface area contributed by atoms with E-state index in [1.165, 1.54) is 0 Å². The minimum Gasteiger partial charge on any atom is -0.377 e. The molecule has 1 unspecified atom stereocenters. The lowest BCUT2D eigenvalue weighted by atomic mass is 9.92. The van der Waals surface area contributed by atoms with Gasteiger partial charge in [0.05, 0.1) is 11.9 Å². The molecule has 0 aromatic heterocycles. The summed E-state index contributed by atoms with van der Waals surface area (Å²) >= 11 is 0. The lowest BCUT2D eigenvalue weighted by Gasteiger charge is -2.33. The highest BCUT2D eigenvalue weighted by Crippen LogP contribution is 2.24. The zero-order valence-electron chi connectivity index (χ0n) is 11.0. The van der Waals surface area contributed by atoms with Crippen LogP contribution < -0.4 is 5.73 Å². The summed E-state index contributed by atoms with van der Waals surface area (Å²) in [5, 5.41) is 0. The molecule has 0 spiro atoms. The normalized spacial score (nSPS) is 34.1.